The predicted octanol–water partition coefficient (Wildman–Crippen LogP) is 1.83. The fourth-order valence-electron chi connectivity index (χ4n) is 1.94. The molecule has 0 radical (unpaired) electrons. The third kappa shape index (κ3) is 1.97. The largest absolute Gasteiger partial charge is 0.376 e. The van der Waals surface area contributed by atoms with Gasteiger partial charge in [-0.1, -0.05) is 29.8 Å². The molecule has 1 heterocycles. The van der Waals surface area contributed by atoms with E-state index < -0.39 is 0 Å². The van der Waals surface area contributed by atoms with Crippen LogP contribution in [-0.4, -0.2) is 19.3 Å². The van der Waals surface area contributed by atoms with Gasteiger partial charge in [0.1, 0.15) is 0 Å². The van der Waals surface area contributed by atoms with Crippen molar-refractivity contribution in [1.82, 2.24) is 0 Å². The van der Waals surface area contributed by atoms with Crippen LogP contribution in [0.4, 0.5) is 0 Å². The van der Waals surface area contributed by atoms with E-state index in [4.69, 9.17) is 10.5 Å². The smallest absolute Gasteiger partial charge is 0.0704 e. The highest BCUT2D eigenvalue weighted by molar-refractivity contribution is 5.25. The maximum Gasteiger partial charge on any atom is 0.0704 e. The molecular weight excluding hydrogens is 174 g/mol. The molecule has 2 nitrogen and oxygen atoms in total. The molecule has 0 spiro atoms. The quantitative estimate of drug-likeness (QED) is 0.774. The van der Waals surface area contributed by atoms with Gasteiger partial charge in [0.2, 0.25) is 0 Å². The molecule has 2 rings (SSSR count). The molecule has 1 aliphatic heterocycles. The second-order valence-corrected chi connectivity index (χ2v) is 4.03. The molecular formula is C12H17NO. The maximum atomic E-state index is 5.57. The fraction of sp³-hybridized carbons (Fsp3) is 0.500. The highest BCUT2D eigenvalue weighted by Crippen LogP contribution is 2.28. The molecule has 0 saturated carbocycles. The van der Waals surface area contributed by atoms with E-state index >= 15 is 0 Å². The Balaban J connectivity index is 2.06. The van der Waals surface area contributed by atoms with Crippen LogP contribution in [0.2, 0.25) is 0 Å². The Morgan fingerprint density at radius 3 is 2.64 bits per heavy atom. The van der Waals surface area contributed by atoms with Crippen molar-refractivity contribution in [2.24, 2.45) is 5.73 Å². The Bertz CT molecular complexity index is 294. The van der Waals surface area contributed by atoms with Crippen LogP contribution >= 0.6 is 0 Å². The zero-order valence-corrected chi connectivity index (χ0v) is 8.57. The van der Waals surface area contributed by atoms with Gasteiger partial charge in [-0.15, -0.1) is 0 Å². The summed E-state index contributed by atoms with van der Waals surface area (Å²) in [5.74, 6) is 0.546. The number of hydrogen-bond acceptors (Lipinski definition) is 2. The zero-order chi connectivity index (χ0) is 9.97. The van der Waals surface area contributed by atoms with Crippen molar-refractivity contribution in [3.05, 3.63) is 35.4 Å². The van der Waals surface area contributed by atoms with Gasteiger partial charge >= 0.3 is 0 Å². The lowest BCUT2D eigenvalue weighted by molar-refractivity contribution is 0.116. The Hall–Kier alpha value is -0.860. The van der Waals surface area contributed by atoms with Gasteiger partial charge in [-0.3, -0.25) is 0 Å². The summed E-state index contributed by atoms with van der Waals surface area (Å²) in [4.78, 5) is 0. The Kier molecular flexibility index (Phi) is 2.85. The van der Waals surface area contributed by atoms with Gasteiger partial charge in [-0.25, -0.2) is 0 Å². The number of benzene rings is 1. The van der Waals surface area contributed by atoms with Crippen molar-refractivity contribution in [2.45, 2.75) is 25.4 Å². The highest BCUT2D eigenvalue weighted by atomic mass is 16.5. The van der Waals surface area contributed by atoms with Crippen LogP contribution in [0.1, 0.15) is 23.5 Å². The van der Waals surface area contributed by atoms with Crippen molar-refractivity contribution in [3.63, 3.8) is 0 Å². The molecule has 1 fully saturated rings. The van der Waals surface area contributed by atoms with Gasteiger partial charge in [0.05, 0.1) is 12.7 Å². The first-order chi connectivity index (χ1) is 6.79. The van der Waals surface area contributed by atoms with Crippen LogP contribution < -0.4 is 5.73 Å². The monoisotopic (exact) mass is 191 g/mol. The van der Waals surface area contributed by atoms with Gasteiger partial charge in [0.15, 0.2) is 0 Å². The number of ether oxygens (including phenoxy) is 1. The minimum Gasteiger partial charge on any atom is -0.376 e. The molecule has 1 saturated heterocycles. The van der Waals surface area contributed by atoms with Crippen molar-refractivity contribution >= 4 is 0 Å². The summed E-state index contributed by atoms with van der Waals surface area (Å²) in [6.07, 6.45) is 1.33. The van der Waals surface area contributed by atoms with E-state index in [1.165, 1.54) is 11.1 Å². The van der Waals surface area contributed by atoms with Crippen LogP contribution in [0.5, 0.6) is 0 Å². The van der Waals surface area contributed by atoms with E-state index in [9.17, 15) is 0 Å². The van der Waals surface area contributed by atoms with Crippen LogP contribution in [0, 0.1) is 6.92 Å². The molecule has 2 N–H and O–H groups in total. The standard InChI is InChI=1S/C12H17NO/c1-9-2-4-10(5-3-9)11-6-12(7-13)14-8-11/h2-5,11-12H,6-8,13H2,1H3/t11-,12-/m0/s1. The van der Waals surface area contributed by atoms with E-state index in [-0.39, 0.29) is 6.10 Å². The molecule has 76 valence electrons. The average molecular weight is 191 g/mol. The van der Waals surface area contributed by atoms with Crippen molar-refractivity contribution < 1.29 is 4.74 Å². The molecule has 2 heteroatoms. The van der Waals surface area contributed by atoms with Crippen LogP contribution in [0.3, 0.4) is 0 Å². The zero-order valence-electron chi connectivity index (χ0n) is 8.57. The first kappa shape index (κ1) is 9.69. The van der Waals surface area contributed by atoms with Gasteiger partial charge in [0, 0.05) is 12.5 Å². The molecule has 14 heavy (non-hydrogen) atoms. The first-order valence-electron chi connectivity index (χ1n) is 5.18. The molecule has 0 amide bonds. The summed E-state index contributed by atoms with van der Waals surface area (Å²) < 4.78 is 5.57. The number of aryl methyl sites for hydroxylation is 1. The van der Waals surface area contributed by atoms with E-state index in [2.05, 4.69) is 31.2 Å². The SMILES string of the molecule is Cc1ccc([C@@H]2CO[C@H](CN)C2)cc1. The Morgan fingerprint density at radius 1 is 1.36 bits per heavy atom. The minimum atomic E-state index is 0.265. The lowest BCUT2D eigenvalue weighted by Crippen LogP contribution is -2.18. The van der Waals surface area contributed by atoms with Crippen molar-refractivity contribution in [1.29, 1.82) is 0 Å². The molecule has 0 aromatic heterocycles. The summed E-state index contributed by atoms with van der Waals surface area (Å²) >= 11 is 0. The Morgan fingerprint density at radius 2 is 2.07 bits per heavy atom. The third-order valence-corrected chi connectivity index (χ3v) is 2.89. The molecule has 1 aliphatic rings. The molecule has 0 aliphatic carbocycles. The highest BCUT2D eigenvalue weighted by Gasteiger charge is 2.25. The van der Waals surface area contributed by atoms with Crippen molar-refractivity contribution in [3.8, 4) is 0 Å². The van der Waals surface area contributed by atoms with Gasteiger partial charge in [-0.05, 0) is 18.9 Å². The van der Waals surface area contributed by atoms with E-state index in [0.29, 0.717) is 12.5 Å². The molecule has 0 unspecified atom stereocenters. The molecule has 1 aromatic rings. The molecule has 1 aromatic carbocycles. The number of nitrogens with two attached hydrogens (primary N) is 1. The second-order valence-electron chi connectivity index (χ2n) is 4.03. The number of rotatable bonds is 2. The van der Waals surface area contributed by atoms with E-state index in [1.54, 1.807) is 0 Å². The lowest BCUT2D eigenvalue weighted by atomic mass is 9.95. The lowest BCUT2D eigenvalue weighted by Gasteiger charge is -2.08. The van der Waals surface area contributed by atoms with Crippen LogP contribution in [0.25, 0.3) is 0 Å². The fourth-order valence-corrected chi connectivity index (χ4v) is 1.94. The number of hydrogen-bond donors (Lipinski definition) is 1. The maximum absolute atomic E-state index is 5.57. The predicted molar refractivity (Wildman–Crippen MR) is 57.3 cm³/mol. The van der Waals surface area contributed by atoms with Gasteiger partial charge in [0.25, 0.3) is 0 Å². The van der Waals surface area contributed by atoms with E-state index in [0.717, 1.165) is 13.0 Å². The summed E-state index contributed by atoms with van der Waals surface area (Å²) in [6, 6.07) is 8.71. The van der Waals surface area contributed by atoms with Crippen molar-refractivity contribution in [2.75, 3.05) is 13.2 Å². The van der Waals surface area contributed by atoms with Crippen LogP contribution in [-0.2, 0) is 4.74 Å². The van der Waals surface area contributed by atoms with E-state index in [1.807, 2.05) is 0 Å². The summed E-state index contributed by atoms with van der Waals surface area (Å²) in [7, 11) is 0. The normalized spacial score (nSPS) is 26.7. The summed E-state index contributed by atoms with van der Waals surface area (Å²) in [5, 5.41) is 0. The third-order valence-electron chi connectivity index (χ3n) is 2.89. The van der Waals surface area contributed by atoms with Gasteiger partial charge < -0.3 is 10.5 Å². The van der Waals surface area contributed by atoms with Gasteiger partial charge in [-0.2, -0.15) is 0 Å². The summed E-state index contributed by atoms with van der Waals surface area (Å²) in [5.41, 5.74) is 8.26. The molecule has 2 atom stereocenters. The molecule has 0 bridgehead atoms. The van der Waals surface area contributed by atoms with Crippen LogP contribution in [0.15, 0.2) is 24.3 Å². The first-order valence-corrected chi connectivity index (χ1v) is 5.18. The second kappa shape index (κ2) is 4.11. The topological polar surface area (TPSA) is 35.2 Å². The summed E-state index contributed by atoms with van der Waals surface area (Å²) in [6.45, 7) is 3.57. The Labute approximate surface area is 85.1 Å². The minimum absolute atomic E-state index is 0.265. The average Bonchev–Trinajstić information content (AvgIpc) is 2.67.